The number of anilines is 2. The van der Waals surface area contributed by atoms with Gasteiger partial charge in [-0.3, -0.25) is 14.4 Å². The number of carbonyl (C=O) groups excluding carboxylic acids is 3. The molecule has 1 saturated heterocycles. The number of hydrogen-bond donors (Lipinski definition) is 0. The molecular weight excluding hydrogens is 396 g/mol. The Morgan fingerprint density at radius 1 is 1.16 bits per heavy atom. The molecule has 0 radical (unpaired) electrons. The summed E-state index contributed by atoms with van der Waals surface area (Å²) in [7, 11) is 1.54. The van der Waals surface area contributed by atoms with Crippen LogP contribution in [-0.2, 0) is 19.1 Å². The summed E-state index contributed by atoms with van der Waals surface area (Å²) in [6.07, 6.45) is 0.0384. The second-order valence-corrected chi connectivity index (χ2v) is 7.88. The first-order valence-electron chi connectivity index (χ1n) is 10.3. The largest absolute Gasteiger partial charge is 0.495 e. The fourth-order valence-corrected chi connectivity index (χ4v) is 3.75. The van der Waals surface area contributed by atoms with Crippen LogP contribution in [0.5, 0.6) is 5.75 Å². The predicted molar refractivity (Wildman–Crippen MR) is 118 cm³/mol. The van der Waals surface area contributed by atoms with Crippen molar-refractivity contribution in [1.29, 1.82) is 0 Å². The van der Waals surface area contributed by atoms with E-state index in [1.807, 2.05) is 63.2 Å². The highest BCUT2D eigenvalue weighted by Gasteiger charge is 2.37. The van der Waals surface area contributed by atoms with Crippen LogP contribution in [0, 0.1) is 12.8 Å². The summed E-state index contributed by atoms with van der Waals surface area (Å²) in [5, 5.41) is 0. The van der Waals surface area contributed by atoms with Gasteiger partial charge in [-0.1, -0.05) is 24.3 Å². The minimum Gasteiger partial charge on any atom is -0.495 e. The molecule has 7 heteroatoms. The molecule has 0 saturated carbocycles. The molecule has 1 fully saturated rings. The molecule has 1 atom stereocenters. The predicted octanol–water partition coefficient (Wildman–Crippen LogP) is 3.34. The molecule has 1 aliphatic heterocycles. The summed E-state index contributed by atoms with van der Waals surface area (Å²) in [6.45, 7) is 5.54. The van der Waals surface area contributed by atoms with Crippen LogP contribution in [0.25, 0.3) is 0 Å². The van der Waals surface area contributed by atoms with Gasteiger partial charge in [0.05, 0.1) is 18.7 Å². The smallest absolute Gasteiger partial charge is 0.311 e. The standard InChI is InChI=1S/C24H28N2O5/c1-16(2)26(19-8-6-5-7-9-19)23(28)15-31-24(29)18-13-22(27)25(14-18)20-12-17(3)10-11-21(20)30-4/h5-12,16,18H,13-15H2,1-4H3/t18-/m1/s1. The van der Waals surface area contributed by atoms with Gasteiger partial charge in [0, 0.05) is 24.7 Å². The van der Waals surface area contributed by atoms with Gasteiger partial charge < -0.3 is 19.3 Å². The average molecular weight is 424 g/mol. The molecule has 2 amide bonds. The molecule has 0 spiro atoms. The van der Waals surface area contributed by atoms with Crippen molar-refractivity contribution in [1.82, 2.24) is 0 Å². The number of aryl methyl sites for hydroxylation is 1. The maximum Gasteiger partial charge on any atom is 0.311 e. The molecule has 164 valence electrons. The molecule has 0 aliphatic carbocycles. The fourth-order valence-electron chi connectivity index (χ4n) is 3.75. The minimum atomic E-state index is -0.630. The number of methoxy groups -OCH3 is 1. The van der Waals surface area contributed by atoms with Crippen LogP contribution in [0.15, 0.2) is 48.5 Å². The number of para-hydroxylation sites is 1. The van der Waals surface area contributed by atoms with E-state index >= 15 is 0 Å². The van der Waals surface area contributed by atoms with Gasteiger partial charge in [-0.2, -0.15) is 0 Å². The van der Waals surface area contributed by atoms with E-state index in [0.29, 0.717) is 11.4 Å². The fraction of sp³-hybridized carbons (Fsp3) is 0.375. The number of rotatable bonds is 7. The zero-order valence-electron chi connectivity index (χ0n) is 18.3. The van der Waals surface area contributed by atoms with E-state index in [4.69, 9.17) is 9.47 Å². The van der Waals surface area contributed by atoms with Crippen molar-refractivity contribution < 1.29 is 23.9 Å². The molecule has 1 heterocycles. The average Bonchev–Trinajstić information content (AvgIpc) is 3.14. The first-order chi connectivity index (χ1) is 14.8. The van der Waals surface area contributed by atoms with Crippen LogP contribution < -0.4 is 14.5 Å². The van der Waals surface area contributed by atoms with Gasteiger partial charge in [-0.25, -0.2) is 0 Å². The van der Waals surface area contributed by atoms with Crippen LogP contribution in [-0.4, -0.2) is 44.1 Å². The summed E-state index contributed by atoms with van der Waals surface area (Å²) < 4.78 is 10.7. The van der Waals surface area contributed by atoms with Crippen molar-refractivity contribution in [2.75, 3.05) is 30.1 Å². The van der Waals surface area contributed by atoms with Gasteiger partial charge in [0.2, 0.25) is 5.91 Å². The molecular formula is C24H28N2O5. The Hall–Kier alpha value is -3.35. The first-order valence-corrected chi connectivity index (χ1v) is 10.3. The molecule has 0 bridgehead atoms. The Balaban J connectivity index is 1.64. The topological polar surface area (TPSA) is 76.2 Å². The Bertz CT molecular complexity index is 958. The van der Waals surface area contributed by atoms with E-state index in [2.05, 4.69) is 0 Å². The first kappa shape index (κ1) is 22.3. The lowest BCUT2D eigenvalue weighted by molar-refractivity contribution is -0.151. The van der Waals surface area contributed by atoms with Crippen LogP contribution in [0.3, 0.4) is 0 Å². The number of carbonyl (C=O) groups is 3. The number of ether oxygens (including phenoxy) is 2. The van der Waals surface area contributed by atoms with Gasteiger partial charge in [0.1, 0.15) is 5.75 Å². The maximum atomic E-state index is 12.7. The van der Waals surface area contributed by atoms with Crippen molar-refractivity contribution in [2.45, 2.75) is 33.2 Å². The molecule has 0 aromatic heterocycles. The Kier molecular flexibility index (Phi) is 6.95. The van der Waals surface area contributed by atoms with Gasteiger partial charge in [0.25, 0.3) is 5.91 Å². The van der Waals surface area contributed by atoms with E-state index in [-0.39, 0.29) is 37.4 Å². The van der Waals surface area contributed by atoms with Gasteiger partial charge in [-0.05, 0) is 50.6 Å². The second kappa shape index (κ2) is 9.64. The zero-order valence-corrected chi connectivity index (χ0v) is 18.3. The summed E-state index contributed by atoms with van der Waals surface area (Å²) in [4.78, 5) is 41.1. The van der Waals surface area contributed by atoms with E-state index in [0.717, 1.165) is 11.3 Å². The molecule has 7 nitrogen and oxygen atoms in total. The number of hydrogen-bond acceptors (Lipinski definition) is 5. The van der Waals surface area contributed by atoms with Gasteiger partial charge >= 0.3 is 5.97 Å². The highest BCUT2D eigenvalue weighted by molar-refractivity contribution is 6.01. The minimum absolute atomic E-state index is 0.0384. The summed E-state index contributed by atoms with van der Waals surface area (Å²) >= 11 is 0. The Morgan fingerprint density at radius 2 is 1.87 bits per heavy atom. The van der Waals surface area contributed by atoms with Crippen LogP contribution in [0.4, 0.5) is 11.4 Å². The lowest BCUT2D eigenvalue weighted by atomic mass is 10.1. The van der Waals surface area contributed by atoms with Crippen molar-refractivity contribution in [2.24, 2.45) is 5.92 Å². The number of esters is 1. The van der Waals surface area contributed by atoms with Crippen LogP contribution >= 0.6 is 0 Å². The molecule has 1 aliphatic rings. The third-order valence-corrected chi connectivity index (χ3v) is 5.24. The third-order valence-electron chi connectivity index (χ3n) is 5.24. The lowest BCUT2D eigenvalue weighted by Crippen LogP contribution is -2.40. The molecule has 0 unspecified atom stereocenters. The van der Waals surface area contributed by atoms with Crippen molar-refractivity contribution in [3.63, 3.8) is 0 Å². The zero-order chi connectivity index (χ0) is 22.5. The van der Waals surface area contributed by atoms with Crippen molar-refractivity contribution in [3.05, 3.63) is 54.1 Å². The van der Waals surface area contributed by atoms with E-state index in [1.165, 1.54) is 0 Å². The quantitative estimate of drug-likeness (QED) is 0.637. The van der Waals surface area contributed by atoms with Crippen LogP contribution in [0.2, 0.25) is 0 Å². The van der Waals surface area contributed by atoms with Gasteiger partial charge in [-0.15, -0.1) is 0 Å². The molecule has 0 N–H and O–H groups in total. The van der Waals surface area contributed by atoms with E-state index in [1.54, 1.807) is 23.0 Å². The molecule has 2 aromatic rings. The summed E-state index contributed by atoms with van der Waals surface area (Å²) in [5.74, 6) is -1.10. The number of nitrogens with zero attached hydrogens (tertiary/aromatic N) is 2. The monoisotopic (exact) mass is 424 g/mol. The second-order valence-electron chi connectivity index (χ2n) is 7.88. The third kappa shape index (κ3) is 5.05. The summed E-state index contributed by atoms with van der Waals surface area (Å²) in [5.41, 5.74) is 2.36. The molecule has 3 rings (SSSR count). The number of amides is 2. The Morgan fingerprint density at radius 3 is 2.52 bits per heavy atom. The molecule has 31 heavy (non-hydrogen) atoms. The maximum absolute atomic E-state index is 12.7. The normalized spacial score (nSPS) is 15.8. The van der Waals surface area contributed by atoms with E-state index in [9.17, 15) is 14.4 Å². The highest BCUT2D eigenvalue weighted by atomic mass is 16.5. The highest BCUT2D eigenvalue weighted by Crippen LogP contribution is 2.34. The Labute approximate surface area is 182 Å². The van der Waals surface area contributed by atoms with E-state index < -0.39 is 11.9 Å². The van der Waals surface area contributed by atoms with Gasteiger partial charge in [0.15, 0.2) is 6.61 Å². The SMILES string of the molecule is COc1ccc(C)cc1N1C[C@H](C(=O)OCC(=O)N(c2ccccc2)C(C)C)CC1=O. The van der Waals surface area contributed by atoms with Crippen molar-refractivity contribution in [3.8, 4) is 5.75 Å². The number of benzene rings is 2. The lowest BCUT2D eigenvalue weighted by Gasteiger charge is -2.26. The van der Waals surface area contributed by atoms with Crippen molar-refractivity contribution >= 4 is 29.2 Å². The summed E-state index contributed by atoms with van der Waals surface area (Å²) in [6, 6.07) is 14.7. The van der Waals surface area contributed by atoms with Crippen LogP contribution in [0.1, 0.15) is 25.8 Å². The molecule has 2 aromatic carbocycles.